The van der Waals surface area contributed by atoms with E-state index in [1.54, 1.807) is 0 Å². The molecule has 5 heteroatoms. The Hall–Kier alpha value is -0.200. The highest BCUT2D eigenvalue weighted by Crippen LogP contribution is 2.11. The Kier molecular flexibility index (Phi) is 3.72. The Morgan fingerprint density at radius 1 is 1.21 bits per heavy atom. The zero-order valence-corrected chi connectivity index (χ0v) is 8.05. The van der Waals surface area contributed by atoms with Crippen LogP contribution in [0.4, 0.5) is 0 Å². The van der Waals surface area contributed by atoms with Crippen LogP contribution in [0.5, 0.6) is 0 Å². The van der Waals surface area contributed by atoms with Gasteiger partial charge in [0.05, 0.1) is 39.6 Å². The van der Waals surface area contributed by atoms with Crippen LogP contribution in [0.25, 0.3) is 0 Å². The van der Waals surface area contributed by atoms with E-state index in [1.165, 1.54) is 0 Å². The lowest BCUT2D eigenvalue weighted by molar-refractivity contribution is -0.0481. The summed E-state index contributed by atoms with van der Waals surface area (Å²) in [5.74, 6) is 0. The number of hydrogen-bond donors (Lipinski definition) is 1. The first-order valence-corrected chi connectivity index (χ1v) is 4.92. The number of epoxide rings is 2. The van der Waals surface area contributed by atoms with Gasteiger partial charge in [0, 0.05) is 0 Å². The maximum atomic E-state index is 8.96. The van der Waals surface area contributed by atoms with E-state index in [2.05, 4.69) is 0 Å². The van der Waals surface area contributed by atoms with Gasteiger partial charge in [-0.15, -0.1) is 0 Å². The summed E-state index contributed by atoms with van der Waals surface area (Å²) in [6.07, 6.45) is 0.259. The van der Waals surface area contributed by atoms with Gasteiger partial charge in [0.25, 0.3) is 0 Å². The van der Waals surface area contributed by atoms with Crippen molar-refractivity contribution in [1.29, 1.82) is 0 Å². The first-order chi connectivity index (χ1) is 6.88. The van der Waals surface area contributed by atoms with Gasteiger partial charge >= 0.3 is 0 Å². The van der Waals surface area contributed by atoms with Crippen molar-refractivity contribution in [2.45, 2.75) is 18.3 Å². The Balaban J connectivity index is 1.49. The molecule has 2 aliphatic heterocycles. The zero-order valence-electron chi connectivity index (χ0n) is 8.05. The second-order valence-corrected chi connectivity index (χ2v) is 3.59. The van der Waals surface area contributed by atoms with E-state index in [4.69, 9.17) is 24.1 Å². The number of aliphatic hydroxyl groups is 1. The van der Waals surface area contributed by atoms with Gasteiger partial charge in [-0.2, -0.15) is 0 Å². The molecule has 0 bridgehead atoms. The minimum absolute atomic E-state index is 0.0156. The second-order valence-electron chi connectivity index (χ2n) is 3.59. The molecular weight excluding hydrogens is 188 g/mol. The van der Waals surface area contributed by atoms with Crippen molar-refractivity contribution in [2.24, 2.45) is 0 Å². The van der Waals surface area contributed by atoms with Gasteiger partial charge in [0.2, 0.25) is 0 Å². The summed E-state index contributed by atoms with van der Waals surface area (Å²) in [6.45, 7) is 3.12. The molecule has 0 saturated carbocycles. The summed E-state index contributed by atoms with van der Waals surface area (Å²) < 4.78 is 20.7. The maximum Gasteiger partial charge on any atom is 0.104 e. The second kappa shape index (κ2) is 5.04. The summed E-state index contributed by atoms with van der Waals surface area (Å²) in [6, 6.07) is 0. The molecule has 82 valence electrons. The van der Waals surface area contributed by atoms with Gasteiger partial charge in [0.1, 0.15) is 18.3 Å². The standard InChI is InChI=1S/C9H16O5/c10-1-7(12-5-9-6-14-9)2-11-3-8-4-13-8/h7-10H,1-6H2. The lowest BCUT2D eigenvalue weighted by Gasteiger charge is -2.14. The van der Waals surface area contributed by atoms with Crippen molar-refractivity contribution in [3.05, 3.63) is 0 Å². The highest BCUT2D eigenvalue weighted by atomic mass is 16.6. The molecule has 2 fully saturated rings. The largest absolute Gasteiger partial charge is 0.394 e. The molecule has 0 spiro atoms. The van der Waals surface area contributed by atoms with Crippen molar-refractivity contribution >= 4 is 0 Å². The van der Waals surface area contributed by atoms with Crippen LogP contribution in [0, 0.1) is 0 Å². The smallest absolute Gasteiger partial charge is 0.104 e. The van der Waals surface area contributed by atoms with Crippen molar-refractivity contribution in [2.75, 3.05) is 39.6 Å². The van der Waals surface area contributed by atoms with E-state index in [1.807, 2.05) is 0 Å². The summed E-state index contributed by atoms with van der Waals surface area (Å²) in [4.78, 5) is 0. The first-order valence-electron chi connectivity index (χ1n) is 4.92. The van der Waals surface area contributed by atoms with E-state index in [-0.39, 0.29) is 24.9 Å². The molecule has 3 atom stereocenters. The van der Waals surface area contributed by atoms with Gasteiger partial charge in [-0.3, -0.25) is 0 Å². The summed E-state index contributed by atoms with van der Waals surface area (Å²) in [7, 11) is 0. The van der Waals surface area contributed by atoms with Crippen molar-refractivity contribution < 1.29 is 24.1 Å². The van der Waals surface area contributed by atoms with Crippen LogP contribution in [-0.4, -0.2) is 63.1 Å². The molecule has 0 aliphatic carbocycles. The monoisotopic (exact) mass is 204 g/mol. The van der Waals surface area contributed by atoms with E-state index in [0.717, 1.165) is 13.2 Å². The summed E-state index contributed by atoms with van der Waals surface area (Å²) >= 11 is 0. The highest BCUT2D eigenvalue weighted by Gasteiger charge is 2.25. The quantitative estimate of drug-likeness (QED) is 0.523. The van der Waals surface area contributed by atoms with Gasteiger partial charge in [-0.05, 0) is 0 Å². The van der Waals surface area contributed by atoms with Gasteiger partial charge < -0.3 is 24.1 Å². The third-order valence-electron chi connectivity index (χ3n) is 2.13. The fourth-order valence-corrected chi connectivity index (χ4v) is 1.06. The molecule has 1 N–H and O–H groups in total. The van der Waals surface area contributed by atoms with E-state index < -0.39 is 0 Å². The van der Waals surface area contributed by atoms with Crippen LogP contribution in [-0.2, 0) is 18.9 Å². The topological polar surface area (TPSA) is 63.8 Å². The van der Waals surface area contributed by atoms with E-state index >= 15 is 0 Å². The molecule has 5 nitrogen and oxygen atoms in total. The van der Waals surface area contributed by atoms with Crippen LogP contribution in [0.1, 0.15) is 0 Å². The lowest BCUT2D eigenvalue weighted by atomic mass is 10.4. The molecule has 2 aliphatic rings. The van der Waals surface area contributed by atoms with Crippen LogP contribution in [0.15, 0.2) is 0 Å². The third kappa shape index (κ3) is 3.89. The molecule has 0 aromatic heterocycles. The predicted molar refractivity (Wildman–Crippen MR) is 47.1 cm³/mol. The molecule has 2 rings (SSSR count). The Labute approximate surface area is 82.9 Å². The molecule has 0 aromatic rings. The fourth-order valence-electron chi connectivity index (χ4n) is 1.06. The summed E-state index contributed by atoms with van der Waals surface area (Å²) in [5, 5.41) is 8.96. The molecule has 0 radical (unpaired) electrons. The Morgan fingerprint density at radius 2 is 1.86 bits per heavy atom. The average Bonchev–Trinajstić information content (AvgIpc) is 3.01. The number of rotatable bonds is 8. The van der Waals surface area contributed by atoms with Gasteiger partial charge in [0.15, 0.2) is 0 Å². The van der Waals surface area contributed by atoms with Gasteiger partial charge in [-0.25, -0.2) is 0 Å². The molecular formula is C9H16O5. The number of hydrogen-bond acceptors (Lipinski definition) is 5. The van der Waals surface area contributed by atoms with Crippen LogP contribution in [0.2, 0.25) is 0 Å². The predicted octanol–water partition coefficient (Wildman–Crippen LogP) is -0.822. The SMILES string of the molecule is OCC(COCC1CO1)OCC1CO1. The Morgan fingerprint density at radius 3 is 2.43 bits per heavy atom. The first kappa shape index (κ1) is 10.3. The normalized spacial score (nSPS) is 31.5. The lowest BCUT2D eigenvalue weighted by Crippen LogP contribution is -2.26. The molecule has 0 amide bonds. The van der Waals surface area contributed by atoms with Crippen molar-refractivity contribution in [3.63, 3.8) is 0 Å². The van der Waals surface area contributed by atoms with Crippen molar-refractivity contribution in [1.82, 2.24) is 0 Å². The molecule has 3 unspecified atom stereocenters. The minimum Gasteiger partial charge on any atom is -0.394 e. The molecule has 2 heterocycles. The molecule has 0 aromatic carbocycles. The zero-order chi connectivity index (χ0) is 9.80. The van der Waals surface area contributed by atoms with Crippen LogP contribution < -0.4 is 0 Å². The Bertz CT molecular complexity index is 167. The molecule has 14 heavy (non-hydrogen) atoms. The maximum absolute atomic E-state index is 8.96. The minimum atomic E-state index is -0.238. The fraction of sp³-hybridized carbons (Fsp3) is 1.00. The highest BCUT2D eigenvalue weighted by molar-refractivity contribution is 4.70. The van der Waals surface area contributed by atoms with E-state index in [0.29, 0.717) is 19.8 Å². The summed E-state index contributed by atoms with van der Waals surface area (Å²) in [5.41, 5.74) is 0. The molecule has 2 saturated heterocycles. The average molecular weight is 204 g/mol. The van der Waals surface area contributed by atoms with Crippen molar-refractivity contribution in [3.8, 4) is 0 Å². The third-order valence-corrected chi connectivity index (χ3v) is 2.13. The van der Waals surface area contributed by atoms with Crippen LogP contribution in [0.3, 0.4) is 0 Å². The van der Waals surface area contributed by atoms with E-state index in [9.17, 15) is 0 Å². The number of ether oxygens (including phenoxy) is 4. The van der Waals surface area contributed by atoms with Crippen LogP contribution >= 0.6 is 0 Å². The van der Waals surface area contributed by atoms with Gasteiger partial charge in [-0.1, -0.05) is 0 Å². The number of aliphatic hydroxyl groups excluding tert-OH is 1.